The molecule has 1 atom stereocenters. The van der Waals surface area contributed by atoms with Crippen LogP contribution in [0.25, 0.3) is 0 Å². The molecule has 0 saturated heterocycles. The summed E-state index contributed by atoms with van der Waals surface area (Å²) in [5.41, 5.74) is 5.01. The Morgan fingerprint density at radius 3 is 2.00 bits per heavy atom. The van der Waals surface area contributed by atoms with Crippen molar-refractivity contribution in [1.29, 1.82) is 0 Å². The molecule has 1 unspecified atom stereocenters. The van der Waals surface area contributed by atoms with Gasteiger partial charge < -0.3 is 16.2 Å². The van der Waals surface area contributed by atoms with Crippen molar-refractivity contribution in [2.45, 2.75) is 58.6 Å². The van der Waals surface area contributed by atoms with Crippen LogP contribution >= 0.6 is 0 Å². The van der Waals surface area contributed by atoms with Crippen molar-refractivity contribution >= 4 is 17.8 Å². The minimum Gasteiger partial charge on any atom is -0.364 e. The molecule has 22 heavy (non-hydrogen) atoms. The third kappa shape index (κ3) is 8.58. The van der Waals surface area contributed by atoms with E-state index in [2.05, 4.69) is 9.78 Å². The Labute approximate surface area is 130 Å². The van der Waals surface area contributed by atoms with Gasteiger partial charge in [-0.15, -0.1) is 0 Å². The van der Waals surface area contributed by atoms with Crippen LogP contribution in [0.5, 0.6) is 0 Å². The predicted octanol–water partition coefficient (Wildman–Crippen LogP) is 0.378. The van der Waals surface area contributed by atoms with E-state index in [0.717, 1.165) is 25.7 Å². The van der Waals surface area contributed by atoms with Gasteiger partial charge >= 0.3 is 11.9 Å². The number of hydrogen-bond donors (Lipinski definition) is 3. The molecule has 0 aromatic heterocycles. The summed E-state index contributed by atoms with van der Waals surface area (Å²) in [6.45, 7) is 3.64. The number of unbranched alkanes of at least 4 members (excludes halogenated alkanes) is 2. The molecule has 0 aromatic carbocycles. The van der Waals surface area contributed by atoms with Crippen LogP contribution in [0.4, 0.5) is 0 Å². The van der Waals surface area contributed by atoms with Crippen molar-refractivity contribution in [1.82, 2.24) is 5.32 Å². The van der Waals surface area contributed by atoms with Crippen LogP contribution in [0.1, 0.15) is 52.4 Å². The minimum absolute atomic E-state index is 0.344. The smallest absolute Gasteiger partial charge is 0.364 e. The van der Waals surface area contributed by atoms with Crippen molar-refractivity contribution in [2.24, 2.45) is 11.7 Å². The van der Waals surface area contributed by atoms with Crippen LogP contribution < -0.4 is 11.1 Å². The first-order chi connectivity index (χ1) is 10.5. The zero-order valence-electron chi connectivity index (χ0n) is 13.2. The van der Waals surface area contributed by atoms with Crippen molar-refractivity contribution in [3.63, 3.8) is 0 Å². The Morgan fingerprint density at radius 1 is 1.05 bits per heavy atom. The van der Waals surface area contributed by atoms with E-state index in [1.807, 2.05) is 19.2 Å². The van der Waals surface area contributed by atoms with Gasteiger partial charge in [0.2, 0.25) is 12.1 Å². The maximum atomic E-state index is 11.9. The molecule has 0 aliphatic rings. The van der Waals surface area contributed by atoms with E-state index in [-0.39, 0.29) is 12.5 Å². The second-order valence-electron chi connectivity index (χ2n) is 4.96. The number of aliphatic hydroxyl groups is 1. The first kappa shape index (κ1) is 20.3. The molecule has 0 saturated carbocycles. The third-order valence-electron chi connectivity index (χ3n) is 3.06. The zero-order chi connectivity index (χ0) is 17.0. The highest BCUT2D eigenvalue weighted by atomic mass is 17.2. The second-order valence-corrected chi connectivity index (χ2v) is 4.96. The fourth-order valence-electron chi connectivity index (χ4n) is 1.75. The van der Waals surface area contributed by atoms with Crippen molar-refractivity contribution in [3.8, 4) is 0 Å². The highest BCUT2D eigenvalue weighted by Gasteiger charge is 2.25. The second kappa shape index (κ2) is 11.9. The van der Waals surface area contributed by atoms with Crippen LogP contribution in [-0.4, -0.2) is 35.7 Å². The van der Waals surface area contributed by atoms with Gasteiger partial charge in [0.05, 0.1) is 12.5 Å². The van der Waals surface area contributed by atoms with Gasteiger partial charge in [0.1, 0.15) is 0 Å². The molecule has 1 amide bonds. The fourth-order valence-corrected chi connectivity index (χ4v) is 1.75. The lowest BCUT2D eigenvalue weighted by Gasteiger charge is -2.15. The summed E-state index contributed by atoms with van der Waals surface area (Å²) in [5.74, 6) is -3.00. The van der Waals surface area contributed by atoms with Gasteiger partial charge in [0.25, 0.3) is 0 Å². The van der Waals surface area contributed by atoms with Gasteiger partial charge in [0, 0.05) is 0 Å². The number of carbonyl (C=O) groups is 3. The molecule has 0 aliphatic heterocycles. The zero-order valence-corrected chi connectivity index (χ0v) is 13.2. The molecule has 0 rings (SSSR count). The largest absolute Gasteiger partial charge is 0.404 e. The Bertz CT molecular complexity index is 353. The van der Waals surface area contributed by atoms with Crippen LogP contribution in [0.15, 0.2) is 0 Å². The summed E-state index contributed by atoms with van der Waals surface area (Å²) in [6.07, 6.45) is 3.00. The van der Waals surface area contributed by atoms with Gasteiger partial charge in [-0.3, -0.25) is 4.79 Å². The molecule has 4 N–H and O–H groups in total. The molecule has 0 aliphatic carbocycles. The summed E-state index contributed by atoms with van der Waals surface area (Å²) in [5, 5.41) is 11.2. The SMILES string of the molecule is CCCCC(CCCC)C(=O)OOC(=O)C(O)NC(=O)CN. The lowest BCUT2D eigenvalue weighted by atomic mass is 9.96. The highest BCUT2D eigenvalue weighted by Crippen LogP contribution is 2.18. The minimum atomic E-state index is -1.92. The van der Waals surface area contributed by atoms with Crippen LogP contribution in [0, 0.1) is 5.92 Å². The number of hydrogen-bond acceptors (Lipinski definition) is 7. The Hall–Kier alpha value is -1.67. The number of aliphatic hydroxyl groups excluding tert-OH is 1. The van der Waals surface area contributed by atoms with Crippen molar-refractivity contribution in [2.75, 3.05) is 6.54 Å². The lowest BCUT2D eigenvalue weighted by Crippen LogP contribution is -2.44. The molecule has 0 fully saturated rings. The van der Waals surface area contributed by atoms with Crippen LogP contribution in [0.2, 0.25) is 0 Å². The average molecular weight is 318 g/mol. The normalized spacial score (nSPS) is 11.9. The van der Waals surface area contributed by atoms with E-state index in [9.17, 15) is 19.5 Å². The van der Waals surface area contributed by atoms with Gasteiger partial charge in [-0.1, -0.05) is 39.5 Å². The fraction of sp³-hybridized carbons (Fsp3) is 0.786. The van der Waals surface area contributed by atoms with E-state index < -0.39 is 24.1 Å². The first-order valence-electron chi connectivity index (χ1n) is 7.55. The first-order valence-corrected chi connectivity index (χ1v) is 7.55. The summed E-state index contributed by atoms with van der Waals surface area (Å²) in [6, 6.07) is 0. The lowest BCUT2D eigenvalue weighted by molar-refractivity contribution is -0.268. The third-order valence-corrected chi connectivity index (χ3v) is 3.06. The molecule has 0 radical (unpaired) electrons. The summed E-state index contributed by atoms with van der Waals surface area (Å²) in [7, 11) is 0. The summed E-state index contributed by atoms with van der Waals surface area (Å²) in [4.78, 5) is 42.8. The summed E-state index contributed by atoms with van der Waals surface area (Å²) < 4.78 is 0. The number of nitrogens with one attached hydrogen (secondary N) is 1. The van der Waals surface area contributed by atoms with Crippen molar-refractivity contribution in [3.05, 3.63) is 0 Å². The summed E-state index contributed by atoms with van der Waals surface area (Å²) >= 11 is 0. The molecule has 0 aromatic rings. The van der Waals surface area contributed by atoms with E-state index in [4.69, 9.17) is 5.73 Å². The Morgan fingerprint density at radius 2 is 1.55 bits per heavy atom. The number of nitrogens with two attached hydrogens (primary N) is 1. The van der Waals surface area contributed by atoms with Crippen LogP contribution in [-0.2, 0) is 24.2 Å². The van der Waals surface area contributed by atoms with E-state index in [0.29, 0.717) is 12.8 Å². The van der Waals surface area contributed by atoms with Crippen molar-refractivity contribution < 1.29 is 29.3 Å². The molecule has 0 bridgehead atoms. The number of rotatable bonds is 10. The predicted molar refractivity (Wildman–Crippen MR) is 77.9 cm³/mol. The Balaban J connectivity index is 4.29. The molecule has 128 valence electrons. The maximum Gasteiger partial charge on any atom is 0.404 e. The highest BCUT2D eigenvalue weighted by molar-refractivity contribution is 5.84. The van der Waals surface area contributed by atoms with E-state index in [1.54, 1.807) is 0 Å². The molecular formula is C14H26N2O6. The number of amides is 1. The maximum absolute atomic E-state index is 11.9. The van der Waals surface area contributed by atoms with Gasteiger partial charge in [-0.2, -0.15) is 0 Å². The molecule has 8 nitrogen and oxygen atoms in total. The van der Waals surface area contributed by atoms with Gasteiger partial charge in [-0.25, -0.2) is 19.4 Å². The standard InChI is InChI=1S/C14H26N2O6/c1-3-5-7-10(8-6-4-2)13(19)21-22-14(20)12(18)16-11(17)9-15/h10,12,18H,3-9,15H2,1-2H3,(H,16,17). The average Bonchev–Trinajstić information content (AvgIpc) is 2.52. The van der Waals surface area contributed by atoms with Gasteiger partial charge in [-0.05, 0) is 12.8 Å². The van der Waals surface area contributed by atoms with Crippen LogP contribution in [0.3, 0.4) is 0 Å². The van der Waals surface area contributed by atoms with E-state index in [1.165, 1.54) is 0 Å². The topological polar surface area (TPSA) is 128 Å². The quantitative estimate of drug-likeness (QED) is 0.302. The Kier molecular flexibility index (Phi) is 11.0. The molecule has 0 spiro atoms. The van der Waals surface area contributed by atoms with E-state index >= 15 is 0 Å². The molecular weight excluding hydrogens is 292 g/mol. The number of carbonyl (C=O) groups excluding carboxylic acids is 3. The molecule has 0 heterocycles. The van der Waals surface area contributed by atoms with Gasteiger partial charge in [0.15, 0.2) is 0 Å². The molecule has 8 heteroatoms. The monoisotopic (exact) mass is 318 g/mol.